The molecule has 0 bridgehead atoms. The summed E-state index contributed by atoms with van der Waals surface area (Å²) in [6.45, 7) is 8.81. The second-order valence-corrected chi connectivity index (χ2v) is 5.13. The summed E-state index contributed by atoms with van der Waals surface area (Å²) < 4.78 is 10.4. The molecule has 1 aromatic rings. The number of ether oxygens (including phenoxy) is 1. The maximum Gasteiger partial charge on any atom is 0.408 e. The van der Waals surface area contributed by atoms with Gasteiger partial charge in [0.1, 0.15) is 29.4 Å². The molecule has 0 saturated carbocycles. The molecule has 1 aromatic heterocycles. The predicted molar refractivity (Wildman–Crippen MR) is 66.4 cm³/mol. The van der Waals surface area contributed by atoms with E-state index in [9.17, 15) is 9.59 Å². The first-order valence-electron chi connectivity index (χ1n) is 5.74. The van der Waals surface area contributed by atoms with Gasteiger partial charge in [0.05, 0.1) is 0 Å². The number of carbonyl (C=O) groups excluding carboxylic acids is 2. The van der Waals surface area contributed by atoms with Crippen molar-refractivity contribution < 1.29 is 18.7 Å². The van der Waals surface area contributed by atoms with Crippen LogP contribution in [-0.2, 0) is 9.53 Å². The number of amides is 1. The van der Waals surface area contributed by atoms with E-state index in [-0.39, 0.29) is 0 Å². The summed E-state index contributed by atoms with van der Waals surface area (Å²) in [5, 5.41) is 2.50. The van der Waals surface area contributed by atoms with Crippen molar-refractivity contribution in [3.63, 3.8) is 0 Å². The van der Waals surface area contributed by atoms with Crippen molar-refractivity contribution in [1.82, 2.24) is 5.32 Å². The Balaban J connectivity index is 2.77. The van der Waals surface area contributed by atoms with Crippen LogP contribution in [0.5, 0.6) is 0 Å². The van der Waals surface area contributed by atoms with Crippen LogP contribution in [0, 0.1) is 13.8 Å². The normalized spacial score (nSPS) is 12.9. The van der Waals surface area contributed by atoms with E-state index in [1.807, 2.05) is 0 Å². The number of alkyl carbamates (subject to hydrolysis) is 1. The molecule has 0 aromatic carbocycles. The highest BCUT2D eigenvalue weighted by Crippen LogP contribution is 2.20. The van der Waals surface area contributed by atoms with Crippen LogP contribution >= 0.6 is 0 Å². The Morgan fingerprint density at radius 2 is 2.06 bits per heavy atom. The Morgan fingerprint density at radius 3 is 2.44 bits per heavy atom. The number of aryl methyl sites for hydroxylation is 2. The molecule has 0 aliphatic heterocycles. The van der Waals surface area contributed by atoms with Gasteiger partial charge in [0.25, 0.3) is 0 Å². The average Bonchev–Trinajstić information content (AvgIpc) is 2.51. The fourth-order valence-electron chi connectivity index (χ4n) is 1.58. The van der Waals surface area contributed by atoms with E-state index >= 15 is 0 Å². The van der Waals surface area contributed by atoms with Crippen molar-refractivity contribution in [2.24, 2.45) is 0 Å². The second-order valence-electron chi connectivity index (χ2n) is 5.13. The lowest BCUT2D eigenvalue weighted by molar-refractivity contribution is -0.109. The van der Waals surface area contributed by atoms with E-state index in [2.05, 4.69) is 5.32 Å². The molecule has 1 N–H and O–H groups in total. The first-order valence-corrected chi connectivity index (χ1v) is 5.74. The van der Waals surface area contributed by atoms with Gasteiger partial charge >= 0.3 is 6.09 Å². The molecule has 0 radical (unpaired) electrons. The molecular weight excluding hydrogens is 234 g/mol. The van der Waals surface area contributed by atoms with Crippen LogP contribution in [0.2, 0.25) is 0 Å². The first kappa shape index (κ1) is 14.3. The lowest BCUT2D eigenvalue weighted by Gasteiger charge is -2.21. The van der Waals surface area contributed by atoms with Crippen LogP contribution < -0.4 is 5.32 Å². The minimum absolute atomic E-state index is 0.598. The van der Waals surface area contributed by atoms with Crippen molar-refractivity contribution in [3.05, 3.63) is 23.2 Å². The molecule has 1 heterocycles. The van der Waals surface area contributed by atoms with E-state index in [1.165, 1.54) is 0 Å². The van der Waals surface area contributed by atoms with E-state index in [0.717, 1.165) is 0 Å². The summed E-state index contributed by atoms with van der Waals surface area (Å²) in [5.74, 6) is 1.31. The molecule has 0 spiro atoms. The third kappa shape index (κ3) is 3.91. The Bertz CT molecular complexity index is 442. The number of carbonyl (C=O) groups is 2. The highest BCUT2D eigenvalue weighted by Gasteiger charge is 2.22. The van der Waals surface area contributed by atoms with Crippen LogP contribution in [0.15, 0.2) is 10.5 Å². The molecule has 100 valence electrons. The summed E-state index contributed by atoms with van der Waals surface area (Å²) >= 11 is 0. The smallest absolute Gasteiger partial charge is 0.408 e. The fraction of sp³-hybridized carbons (Fsp3) is 0.538. The van der Waals surface area contributed by atoms with Crippen molar-refractivity contribution >= 4 is 12.4 Å². The molecule has 1 rings (SSSR count). The largest absolute Gasteiger partial charge is 0.466 e. The summed E-state index contributed by atoms with van der Waals surface area (Å²) in [6.07, 6.45) is 0.0270. The van der Waals surface area contributed by atoms with Gasteiger partial charge in [-0.1, -0.05) is 0 Å². The quantitative estimate of drug-likeness (QED) is 0.841. The van der Waals surface area contributed by atoms with Crippen LogP contribution in [-0.4, -0.2) is 18.0 Å². The van der Waals surface area contributed by atoms with Crippen LogP contribution in [0.4, 0.5) is 4.79 Å². The molecule has 5 nitrogen and oxygen atoms in total. The third-order valence-electron chi connectivity index (χ3n) is 2.22. The minimum atomic E-state index is -0.753. The Kier molecular flexibility index (Phi) is 4.16. The van der Waals surface area contributed by atoms with Gasteiger partial charge in [0.2, 0.25) is 0 Å². The van der Waals surface area contributed by atoms with Crippen LogP contribution in [0.3, 0.4) is 0 Å². The number of hydrogen-bond acceptors (Lipinski definition) is 4. The van der Waals surface area contributed by atoms with Gasteiger partial charge in [-0.3, -0.25) is 0 Å². The number of furan rings is 1. The highest BCUT2D eigenvalue weighted by molar-refractivity contribution is 5.74. The van der Waals surface area contributed by atoms with Gasteiger partial charge in [-0.25, -0.2) is 4.79 Å². The predicted octanol–water partition coefficient (Wildman–Crippen LogP) is 2.66. The number of aldehydes is 1. The SMILES string of the molecule is Cc1cc(C(C=O)NC(=O)OC(C)(C)C)c(C)o1. The van der Waals surface area contributed by atoms with E-state index in [0.29, 0.717) is 23.4 Å². The number of hydrogen-bond donors (Lipinski definition) is 1. The first-order chi connectivity index (χ1) is 8.23. The molecular formula is C13H19NO4. The van der Waals surface area contributed by atoms with Gasteiger partial charge in [-0.05, 0) is 40.7 Å². The Morgan fingerprint density at radius 1 is 1.44 bits per heavy atom. The Hall–Kier alpha value is -1.78. The highest BCUT2D eigenvalue weighted by atomic mass is 16.6. The van der Waals surface area contributed by atoms with Crippen molar-refractivity contribution in [2.45, 2.75) is 46.3 Å². The van der Waals surface area contributed by atoms with Crippen molar-refractivity contribution in [1.29, 1.82) is 0 Å². The van der Waals surface area contributed by atoms with Gasteiger partial charge < -0.3 is 19.3 Å². The molecule has 0 aliphatic carbocycles. The molecule has 0 aliphatic rings. The summed E-state index contributed by atoms with van der Waals surface area (Å²) in [4.78, 5) is 22.7. The molecule has 1 amide bonds. The minimum Gasteiger partial charge on any atom is -0.466 e. The second kappa shape index (κ2) is 5.25. The van der Waals surface area contributed by atoms with E-state index in [4.69, 9.17) is 9.15 Å². The van der Waals surface area contributed by atoms with Gasteiger partial charge in [-0.15, -0.1) is 0 Å². The fourth-order valence-corrected chi connectivity index (χ4v) is 1.58. The molecule has 0 saturated heterocycles. The van der Waals surface area contributed by atoms with Crippen LogP contribution in [0.1, 0.15) is 43.9 Å². The van der Waals surface area contributed by atoms with E-state index < -0.39 is 17.7 Å². The molecule has 1 atom stereocenters. The molecule has 0 fully saturated rings. The van der Waals surface area contributed by atoms with Gasteiger partial charge in [-0.2, -0.15) is 0 Å². The summed E-state index contributed by atoms with van der Waals surface area (Å²) in [7, 11) is 0. The molecule has 1 unspecified atom stereocenters. The summed E-state index contributed by atoms with van der Waals surface area (Å²) in [6, 6.07) is 0.975. The number of nitrogens with one attached hydrogen (secondary N) is 1. The zero-order chi connectivity index (χ0) is 13.9. The maximum absolute atomic E-state index is 11.6. The number of rotatable bonds is 3. The molecule has 18 heavy (non-hydrogen) atoms. The standard InChI is InChI=1S/C13H19NO4/c1-8-6-10(9(2)17-8)11(7-15)14-12(16)18-13(3,4)5/h6-7,11H,1-5H3,(H,14,16). The summed E-state index contributed by atoms with van der Waals surface area (Å²) in [5.41, 5.74) is 0.0483. The zero-order valence-corrected chi connectivity index (χ0v) is 11.4. The van der Waals surface area contributed by atoms with E-state index in [1.54, 1.807) is 40.7 Å². The monoisotopic (exact) mass is 253 g/mol. The zero-order valence-electron chi connectivity index (χ0n) is 11.4. The lowest BCUT2D eigenvalue weighted by Crippen LogP contribution is -2.35. The van der Waals surface area contributed by atoms with Gasteiger partial charge in [0, 0.05) is 5.56 Å². The molecule has 5 heteroatoms. The van der Waals surface area contributed by atoms with Crippen molar-refractivity contribution in [2.75, 3.05) is 0 Å². The van der Waals surface area contributed by atoms with Gasteiger partial charge in [0.15, 0.2) is 0 Å². The van der Waals surface area contributed by atoms with Crippen LogP contribution in [0.25, 0.3) is 0 Å². The third-order valence-corrected chi connectivity index (χ3v) is 2.22. The lowest BCUT2D eigenvalue weighted by atomic mass is 10.1. The van der Waals surface area contributed by atoms with Crippen molar-refractivity contribution in [3.8, 4) is 0 Å². The Labute approximate surface area is 106 Å². The maximum atomic E-state index is 11.6. The average molecular weight is 253 g/mol. The topological polar surface area (TPSA) is 68.5 Å².